The van der Waals surface area contributed by atoms with Gasteiger partial charge >= 0.3 is 5.97 Å². The molecule has 0 atom stereocenters. The van der Waals surface area contributed by atoms with E-state index in [1.165, 1.54) is 19.5 Å². The third-order valence-electron chi connectivity index (χ3n) is 4.09. The molecule has 30 heavy (non-hydrogen) atoms. The fourth-order valence-electron chi connectivity index (χ4n) is 2.67. The van der Waals surface area contributed by atoms with E-state index < -0.39 is 5.97 Å². The molecule has 0 radical (unpaired) electrons. The molecule has 3 rings (SSSR count). The summed E-state index contributed by atoms with van der Waals surface area (Å²) in [6.45, 7) is 1.73. The highest BCUT2D eigenvalue weighted by Crippen LogP contribution is 2.31. The maximum absolute atomic E-state index is 11.5. The van der Waals surface area contributed by atoms with E-state index in [0.29, 0.717) is 28.2 Å². The molecule has 1 N–H and O–H groups in total. The topological polar surface area (TPSA) is 115 Å². The van der Waals surface area contributed by atoms with Crippen molar-refractivity contribution >= 4 is 11.5 Å². The number of aliphatic carboxylic acids is 1. The predicted molar refractivity (Wildman–Crippen MR) is 107 cm³/mol. The number of aromatic nitrogens is 2. The molecule has 0 aliphatic carbocycles. The minimum Gasteiger partial charge on any atom is -0.503 e. The van der Waals surface area contributed by atoms with Gasteiger partial charge in [-0.1, -0.05) is 24.3 Å². The van der Waals surface area contributed by atoms with Gasteiger partial charge in [-0.15, -0.1) is 0 Å². The van der Waals surface area contributed by atoms with Gasteiger partial charge in [0.2, 0.25) is 11.8 Å². The Hall–Kier alpha value is -4.38. The van der Waals surface area contributed by atoms with Crippen LogP contribution in [0.25, 0.3) is 5.57 Å². The Morgan fingerprint density at radius 1 is 1.07 bits per heavy atom. The molecule has 8 heteroatoms. The van der Waals surface area contributed by atoms with Crippen LogP contribution in [0.3, 0.4) is 0 Å². The molecule has 0 fully saturated rings. The van der Waals surface area contributed by atoms with E-state index in [-0.39, 0.29) is 17.3 Å². The first-order valence-electron chi connectivity index (χ1n) is 8.76. The van der Waals surface area contributed by atoms with Crippen molar-refractivity contribution in [3.63, 3.8) is 0 Å². The average molecular weight is 403 g/mol. The molecule has 0 aliphatic rings. The first-order valence-corrected chi connectivity index (χ1v) is 8.76. The van der Waals surface area contributed by atoms with Crippen molar-refractivity contribution in [1.82, 2.24) is 9.97 Å². The van der Waals surface area contributed by atoms with Crippen molar-refractivity contribution in [3.05, 3.63) is 77.8 Å². The summed E-state index contributed by atoms with van der Waals surface area (Å²) in [4.78, 5) is 19.6. The molecule has 0 bridgehead atoms. The lowest BCUT2D eigenvalue weighted by molar-refractivity contribution is -0.130. The van der Waals surface area contributed by atoms with E-state index >= 15 is 0 Å². The van der Waals surface area contributed by atoms with Gasteiger partial charge in [-0.05, 0) is 36.2 Å². The number of ether oxygens (including phenoxy) is 3. The normalized spacial score (nSPS) is 10.8. The van der Waals surface area contributed by atoms with Crippen molar-refractivity contribution < 1.29 is 24.1 Å². The van der Waals surface area contributed by atoms with Crippen molar-refractivity contribution in [1.29, 1.82) is 5.26 Å². The summed E-state index contributed by atoms with van der Waals surface area (Å²) in [6.07, 6.45) is 2.43. The standard InChI is InChI=1S/C22H17N3O5/c1-14-16(17(12-28-2)22(26)27)7-5-9-18(14)29-20-10-21(25-13-24-20)30-19-8-4-3-6-15(19)11-23/h3-10,12-13H,1-2H3,(H,26,27)/b17-12+. The van der Waals surface area contributed by atoms with E-state index in [4.69, 9.17) is 14.2 Å². The Labute approximate surface area is 172 Å². The summed E-state index contributed by atoms with van der Waals surface area (Å²) in [5.41, 5.74) is 1.42. The third-order valence-corrected chi connectivity index (χ3v) is 4.09. The van der Waals surface area contributed by atoms with Gasteiger partial charge in [0.25, 0.3) is 0 Å². The van der Waals surface area contributed by atoms with Gasteiger partial charge in [-0.2, -0.15) is 5.26 Å². The molecule has 0 spiro atoms. The number of carboxylic acids is 1. The Morgan fingerprint density at radius 3 is 2.40 bits per heavy atom. The first kappa shape index (κ1) is 20.4. The highest BCUT2D eigenvalue weighted by atomic mass is 16.5. The van der Waals surface area contributed by atoms with Gasteiger partial charge in [-0.3, -0.25) is 0 Å². The summed E-state index contributed by atoms with van der Waals surface area (Å²) in [5, 5.41) is 18.6. The molecule has 0 saturated heterocycles. The largest absolute Gasteiger partial charge is 0.503 e. The van der Waals surface area contributed by atoms with Crippen LogP contribution >= 0.6 is 0 Å². The molecule has 1 heterocycles. The summed E-state index contributed by atoms with van der Waals surface area (Å²) in [5.74, 6) is 0.0479. The van der Waals surface area contributed by atoms with Gasteiger partial charge in [0, 0.05) is 0 Å². The Balaban J connectivity index is 1.88. The maximum atomic E-state index is 11.5. The minimum atomic E-state index is -1.12. The van der Waals surface area contributed by atoms with Gasteiger partial charge in [0.05, 0.1) is 25.0 Å². The zero-order valence-electron chi connectivity index (χ0n) is 16.2. The van der Waals surface area contributed by atoms with Gasteiger partial charge in [-0.25, -0.2) is 14.8 Å². The molecule has 0 aliphatic heterocycles. The van der Waals surface area contributed by atoms with Crippen LogP contribution in [0.1, 0.15) is 16.7 Å². The molecular formula is C22H17N3O5. The van der Waals surface area contributed by atoms with Gasteiger partial charge < -0.3 is 19.3 Å². The van der Waals surface area contributed by atoms with Crippen LogP contribution in [-0.4, -0.2) is 28.2 Å². The predicted octanol–water partition coefficient (Wildman–Crippen LogP) is 4.31. The Bertz CT molecular complexity index is 1150. The second kappa shape index (κ2) is 9.21. The molecule has 2 aromatic carbocycles. The minimum absolute atomic E-state index is 0.000250. The van der Waals surface area contributed by atoms with Crippen LogP contribution in [0.5, 0.6) is 23.3 Å². The summed E-state index contributed by atoms with van der Waals surface area (Å²) >= 11 is 0. The zero-order valence-corrected chi connectivity index (χ0v) is 16.2. The third kappa shape index (κ3) is 4.54. The van der Waals surface area contributed by atoms with Crippen molar-refractivity contribution in [2.45, 2.75) is 6.92 Å². The van der Waals surface area contributed by atoms with E-state index in [1.807, 2.05) is 0 Å². The van der Waals surface area contributed by atoms with Crippen molar-refractivity contribution in [3.8, 4) is 29.3 Å². The van der Waals surface area contributed by atoms with Crippen LogP contribution in [0.4, 0.5) is 0 Å². The Morgan fingerprint density at radius 2 is 1.73 bits per heavy atom. The second-order valence-electron chi connectivity index (χ2n) is 6.01. The number of hydrogen-bond acceptors (Lipinski definition) is 7. The molecule has 3 aromatic rings. The first-order chi connectivity index (χ1) is 14.5. The van der Waals surface area contributed by atoms with Gasteiger partial charge in [0.15, 0.2) is 0 Å². The number of hydrogen-bond donors (Lipinski definition) is 1. The lowest BCUT2D eigenvalue weighted by atomic mass is 10.0. The van der Waals surface area contributed by atoms with E-state index in [1.54, 1.807) is 49.4 Å². The fraction of sp³-hybridized carbons (Fsp3) is 0.0909. The summed E-state index contributed by atoms with van der Waals surface area (Å²) < 4.78 is 16.4. The van der Waals surface area contributed by atoms with E-state index in [9.17, 15) is 15.2 Å². The number of benzene rings is 2. The summed E-state index contributed by atoms with van der Waals surface area (Å²) in [7, 11) is 1.38. The van der Waals surface area contributed by atoms with Crippen molar-refractivity contribution in [2.75, 3.05) is 7.11 Å². The number of rotatable bonds is 7. The molecule has 8 nitrogen and oxygen atoms in total. The number of carboxylic acid groups (broad SMARTS) is 1. The van der Waals surface area contributed by atoms with Crippen LogP contribution in [-0.2, 0) is 9.53 Å². The lowest BCUT2D eigenvalue weighted by Crippen LogP contribution is -2.03. The number of nitrogens with zero attached hydrogens (tertiary/aromatic N) is 3. The Kier molecular flexibility index (Phi) is 6.25. The highest BCUT2D eigenvalue weighted by Gasteiger charge is 2.17. The second-order valence-corrected chi connectivity index (χ2v) is 6.01. The van der Waals surface area contributed by atoms with Gasteiger partial charge in [0.1, 0.15) is 29.5 Å². The van der Waals surface area contributed by atoms with Crippen LogP contribution in [0.15, 0.2) is 61.1 Å². The maximum Gasteiger partial charge on any atom is 0.339 e. The van der Waals surface area contributed by atoms with Crippen LogP contribution in [0, 0.1) is 18.3 Å². The molecule has 0 saturated carbocycles. The number of carbonyl (C=O) groups is 1. The zero-order chi connectivity index (χ0) is 21.5. The number of methoxy groups -OCH3 is 1. The molecular weight excluding hydrogens is 386 g/mol. The molecule has 0 amide bonds. The van der Waals surface area contributed by atoms with E-state index in [0.717, 1.165) is 6.26 Å². The number of para-hydroxylation sites is 1. The average Bonchev–Trinajstić information content (AvgIpc) is 2.74. The molecule has 150 valence electrons. The SMILES string of the molecule is CO/C=C(/C(=O)O)c1cccc(Oc2cc(Oc3ccccc3C#N)ncn2)c1C. The quantitative estimate of drug-likeness (QED) is 0.458. The molecule has 1 aromatic heterocycles. The van der Waals surface area contributed by atoms with Crippen LogP contribution < -0.4 is 9.47 Å². The van der Waals surface area contributed by atoms with Crippen molar-refractivity contribution in [2.24, 2.45) is 0 Å². The van der Waals surface area contributed by atoms with E-state index in [2.05, 4.69) is 16.0 Å². The highest BCUT2D eigenvalue weighted by molar-refractivity contribution is 6.15. The monoisotopic (exact) mass is 403 g/mol. The lowest BCUT2D eigenvalue weighted by Gasteiger charge is -2.13. The fourth-order valence-corrected chi connectivity index (χ4v) is 2.67. The smallest absolute Gasteiger partial charge is 0.339 e. The van der Waals surface area contributed by atoms with Crippen LogP contribution in [0.2, 0.25) is 0 Å². The summed E-state index contributed by atoms with van der Waals surface area (Å²) in [6, 6.07) is 15.3. The molecule has 0 unspecified atom stereocenters. The number of nitriles is 1.